The van der Waals surface area contributed by atoms with Gasteiger partial charge in [0.15, 0.2) is 0 Å². The monoisotopic (exact) mass is 283 g/mol. The Morgan fingerprint density at radius 1 is 1.26 bits per heavy atom. The SMILES string of the molecule is COc1ccc(CC=CC(C)C(C)S(N)(=O)=O)cc1. The number of hydrogen-bond acceptors (Lipinski definition) is 3. The molecular weight excluding hydrogens is 262 g/mol. The second-order valence-corrected chi connectivity index (χ2v) is 6.56. The summed E-state index contributed by atoms with van der Waals surface area (Å²) >= 11 is 0. The lowest BCUT2D eigenvalue weighted by Gasteiger charge is -2.13. The highest BCUT2D eigenvalue weighted by Gasteiger charge is 2.20. The number of methoxy groups -OCH3 is 1. The molecular formula is C14H21NO3S. The van der Waals surface area contributed by atoms with Crippen molar-refractivity contribution in [1.82, 2.24) is 0 Å². The molecule has 2 atom stereocenters. The van der Waals surface area contributed by atoms with E-state index in [1.54, 1.807) is 14.0 Å². The number of ether oxygens (including phenoxy) is 1. The van der Waals surface area contributed by atoms with Gasteiger partial charge in [0.05, 0.1) is 12.4 Å². The molecule has 5 heteroatoms. The van der Waals surface area contributed by atoms with Gasteiger partial charge < -0.3 is 4.74 Å². The molecule has 0 radical (unpaired) electrons. The van der Waals surface area contributed by atoms with Crippen LogP contribution in [0.3, 0.4) is 0 Å². The van der Waals surface area contributed by atoms with E-state index in [1.165, 1.54) is 0 Å². The maximum Gasteiger partial charge on any atom is 0.212 e. The van der Waals surface area contributed by atoms with E-state index in [-0.39, 0.29) is 5.92 Å². The first-order valence-electron chi connectivity index (χ1n) is 6.15. The normalized spacial score (nSPS) is 15.4. The Hall–Kier alpha value is -1.33. The fourth-order valence-corrected chi connectivity index (χ4v) is 2.33. The van der Waals surface area contributed by atoms with E-state index in [9.17, 15) is 8.42 Å². The molecule has 0 aliphatic heterocycles. The topological polar surface area (TPSA) is 69.4 Å². The van der Waals surface area contributed by atoms with Crippen LogP contribution in [-0.2, 0) is 16.4 Å². The van der Waals surface area contributed by atoms with Gasteiger partial charge in [-0.1, -0.05) is 31.2 Å². The zero-order chi connectivity index (χ0) is 14.5. The van der Waals surface area contributed by atoms with Crippen molar-refractivity contribution in [1.29, 1.82) is 0 Å². The van der Waals surface area contributed by atoms with Gasteiger partial charge in [-0.05, 0) is 37.0 Å². The molecule has 1 aromatic rings. The van der Waals surface area contributed by atoms with Crippen molar-refractivity contribution in [3.63, 3.8) is 0 Å². The maximum atomic E-state index is 11.2. The van der Waals surface area contributed by atoms with Crippen LogP contribution in [0.4, 0.5) is 0 Å². The molecule has 0 heterocycles. The predicted octanol–water partition coefficient (Wildman–Crippen LogP) is 2.11. The summed E-state index contributed by atoms with van der Waals surface area (Å²) in [4.78, 5) is 0. The van der Waals surface area contributed by atoms with Crippen LogP contribution in [0.1, 0.15) is 19.4 Å². The second-order valence-electron chi connectivity index (χ2n) is 4.63. The minimum absolute atomic E-state index is 0.103. The Labute approximate surface area is 115 Å². The highest BCUT2D eigenvalue weighted by molar-refractivity contribution is 7.89. The Kier molecular flexibility index (Phi) is 5.57. The van der Waals surface area contributed by atoms with Crippen molar-refractivity contribution in [2.75, 3.05) is 7.11 Å². The largest absolute Gasteiger partial charge is 0.497 e. The molecule has 4 nitrogen and oxygen atoms in total. The fourth-order valence-electron chi connectivity index (χ4n) is 1.64. The molecule has 106 valence electrons. The average Bonchev–Trinajstić information content (AvgIpc) is 2.37. The summed E-state index contributed by atoms with van der Waals surface area (Å²) in [5.41, 5.74) is 1.15. The minimum atomic E-state index is -3.47. The number of primary sulfonamides is 1. The molecule has 0 saturated heterocycles. The van der Waals surface area contributed by atoms with Crippen LogP contribution < -0.4 is 9.88 Å². The van der Waals surface area contributed by atoms with E-state index in [2.05, 4.69) is 0 Å². The average molecular weight is 283 g/mol. The standard InChI is InChI=1S/C14H21NO3S/c1-11(12(2)19(15,16)17)5-4-6-13-7-9-14(18-3)10-8-13/h4-5,7-12H,6H2,1-3H3,(H2,15,16,17). The summed E-state index contributed by atoms with van der Waals surface area (Å²) in [5, 5.41) is 4.55. The van der Waals surface area contributed by atoms with Crippen LogP contribution in [0, 0.1) is 5.92 Å². The lowest BCUT2D eigenvalue weighted by Crippen LogP contribution is -2.30. The first-order chi connectivity index (χ1) is 8.84. The molecule has 0 aromatic heterocycles. The van der Waals surface area contributed by atoms with Crippen LogP contribution in [0.25, 0.3) is 0 Å². The van der Waals surface area contributed by atoms with Gasteiger partial charge in [0.2, 0.25) is 10.0 Å². The molecule has 0 fully saturated rings. The van der Waals surface area contributed by atoms with Crippen LogP contribution in [0.15, 0.2) is 36.4 Å². The third kappa shape index (κ3) is 5.04. The Balaban J connectivity index is 2.58. The van der Waals surface area contributed by atoms with Gasteiger partial charge in [0.25, 0.3) is 0 Å². The number of allylic oxidation sites excluding steroid dienone is 2. The summed E-state index contributed by atoms with van der Waals surface area (Å²) in [5.74, 6) is 0.720. The lowest BCUT2D eigenvalue weighted by molar-refractivity contribution is 0.414. The third-order valence-corrected chi connectivity index (χ3v) is 4.68. The van der Waals surface area contributed by atoms with Crippen molar-refractivity contribution in [2.24, 2.45) is 11.1 Å². The number of benzene rings is 1. The molecule has 2 N–H and O–H groups in total. The lowest BCUT2D eigenvalue weighted by atomic mass is 10.1. The highest BCUT2D eigenvalue weighted by atomic mass is 32.2. The number of sulfonamides is 1. The van der Waals surface area contributed by atoms with E-state index < -0.39 is 15.3 Å². The zero-order valence-corrected chi connectivity index (χ0v) is 12.4. The van der Waals surface area contributed by atoms with E-state index in [4.69, 9.17) is 9.88 Å². The van der Waals surface area contributed by atoms with Crippen molar-refractivity contribution in [3.8, 4) is 5.75 Å². The van der Waals surface area contributed by atoms with Gasteiger partial charge >= 0.3 is 0 Å². The van der Waals surface area contributed by atoms with Gasteiger partial charge in [-0.25, -0.2) is 13.6 Å². The predicted molar refractivity (Wildman–Crippen MR) is 77.6 cm³/mol. The first-order valence-corrected chi connectivity index (χ1v) is 7.76. The quantitative estimate of drug-likeness (QED) is 0.813. The fraction of sp³-hybridized carbons (Fsp3) is 0.429. The Morgan fingerprint density at radius 3 is 2.32 bits per heavy atom. The van der Waals surface area contributed by atoms with Gasteiger partial charge in [-0.15, -0.1) is 0 Å². The second kappa shape index (κ2) is 6.73. The van der Waals surface area contributed by atoms with Crippen LogP contribution in [0.5, 0.6) is 5.75 Å². The van der Waals surface area contributed by atoms with E-state index in [1.807, 2.05) is 43.3 Å². The molecule has 19 heavy (non-hydrogen) atoms. The maximum absolute atomic E-state index is 11.2. The van der Waals surface area contributed by atoms with Gasteiger partial charge in [-0.3, -0.25) is 0 Å². The minimum Gasteiger partial charge on any atom is -0.497 e. The van der Waals surface area contributed by atoms with Gasteiger partial charge in [-0.2, -0.15) is 0 Å². The van der Waals surface area contributed by atoms with Crippen molar-refractivity contribution in [2.45, 2.75) is 25.5 Å². The Morgan fingerprint density at radius 2 is 1.84 bits per heavy atom. The van der Waals surface area contributed by atoms with Gasteiger partial charge in [0, 0.05) is 0 Å². The smallest absolute Gasteiger partial charge is 0.212 e. The molecule has 1 aromatic carbocycles. The van der Waals surface area contributed by atoms with Crippen molar-refractivity contribution in [3.05, 3.63) is 42.0 Å². The zero-order valence-electron chi connectivity index (χ0n) is 11.5. The third-order valence-electron chi connectivity index (χ3n) is 3.21. The van der Waals surface area contributed by atoms with Crippen molar-refractivity contribution >= 4 is 10.0 Å². The van der Waals surface area contributed by atoms with Crippen LogP contribution in [-0.4, -0.2) is 20.8 Å². The summed E-state index contributed by atoms with van der Waals surface area (Å²) < 4.78 is 27.5. The van der Waals surface area contributed by atoms with E-state index in [0.717, 1.165) is 17.7 Å². The number of nitrogens with two attached hydrogens (primary N) is 1. The van der Waals surface area contributed by atoms with E-state index >= 15 is 0 Å². The van der Waals surface area contributed by atoms with Gasteiger partial charge in [0.1, 0.15) is 5.75 Å². The molecule has 0 aliphatic rings. The summed E-state index contributed by atoms with van der Waals surface area (Å²) in [7, 11) is -1.84. The van der Waals surface area contributed by atoms with E-state index in [0.29, 0.717) is 0 Å². The number of rotatable bonds is 6. The highest BCUT2D eigenvalue weighted by Crippen LogP contribution is 2.14. The molecule has 2 unspecified atom stereocenters. The first kappa shape index (κ1) is 15.7. The van der Waals surface area contributed by atoms with Crippen LogP contribution >= 0.6 is 0 Å². The summed E-state index contributed by atoms with van der Waals surface area (Å²) in [6, 6.07) is 7.77. The molecule has 0 aliphatic carbocycles. The molecule has 0 amide bonds. The van der Waals surface area contributed by atoms with Crippen LogP contribution in [0.2, 0.25) is 0 Å². The molecule has 0 spiro atoms. The molecule has 0 saturated carbocycles. The van der Waals surface area contributed by atoms with Crippen molar-refractivity contribution < 1.29 is 13.2 Å². The molecule has 1 rings (SSSR count). The summed E-state index contributed by atoms with van der Waals surface area (Å²) in [6.07, 6.45) is 4.61. The summed E-state index contributed by atoms with van der Waals surface area (Å²) in [6.45, 7) is 3.47. The Bertz CT molecular complexity index is 520. The molecule has 0 bridgehead atoms. The number of hydrogen-bond donors (Lipinski definition) is 1.